The Kier molecular flexibility index (Phi) is 4.88. The van der Waals surface area contributed by atoms with Crippen molar-refractivity contribution in [3.8, 4) is 11.8 Å². The van der Waals surface area contributed by atoms with Gasteiger partial charge in [0.2, 0.25) is 0 Å². The van der Waals surface area contributed by atoms with Crippen molar-refractivity contribution in [2.45, 2.75) is 19.4 Å². The van der Waals surface area contributed by atoms with E-state index in [-0.39, 0.29) is 0 Å². The lowest BCUT2D eigenvalue weighted by atomic mass is 10.0. The Labute approximate surface area is 98.7 Å². The molecule has 2 nitrogen and oxygen atoms in total. The Hall–Kier alpha value is -1.46. The van der Waals surface area contributed by atoms with Gasteiger partial charge in [0.15, 0.2) is 0 Å². The fraction of sp³-hybridized carbons (Fsp3) is 0.429. The van der Waals surface area contributed by atoms with Gasteiger partial charge in [-0.15, -0.1) is 11.8 Å². The van der Waals surface area contributed by atoms with Crippen LogP contribution in [0.2, 0.25) is 0 Å². The topological polar surface area (TPSA) is 15.3 Å². The van der Waals surface area contributed by atoms with Crippen LogP contribution < -0.4 is 10.2 Å². The Morgan fingerprint density at radius 2 is 2.12 bits per heavy atom. The molecule has 0 aliphatic rings. The third kappa shape index (κ3) is 3.29. The van der Waals surface area contributed by atoms with E-state index < -0.39 is 0 Å². The molecule has 1 rings (SSSR count). The molecule has 0 radical (unpaired) electrons. The van der Waals surface area contributed by atoms with E-state index in [0.717, 1.165) is 6.42 Å². The number of anilines is 1. The third-order valence-corrected chi connectivity index (χ3v) is 2.62. The van der Waals surface area contributed by atoms with Crippen LogP contribution in [0.25, 0.3) is 0 Å². The lowest BCUT2D eigenvalue weighted by Crippen LogP contribution is -2.16. The van der Waals surface area contributed by atoms with Gasteiger partial charge in [0.25, 0.3) is 0 Å². The summed E-state index contributed by atoms with van der Waals surface area (Å²) in [4.78, 5) is 2.11. The van der Waals surface area contributed by atoms with Crippen LogP contribution in [0.5, 0.6) is 0 Å². The zero-order valence-corrected chi connectivity index (χ0v) is 10.5. The molecule has 2 heteroatoms. The van der Waals surface area contributed by atoms with Gasteiger partial charge in [0.1, 0.15) is 0 Å². The molecule has 1 atom stereocenters. The highest BCUT2D eigenvalue weighted by molar-refractivity contribution is 5.48. The number of hydrogen-bond donors (Lipinski definition) is 1. The molecular weight excluding hydrogens is 196 g/mol. The van der Waals surface area contributed by atoms with Gasteiger partial charge >= 0.3 is 0 Å². The van der Waals surface area contributed by atoms with Crippen LogP contribution in [0.3, 0.4) is 0 Å². The fourth-order valence-corrected chi connectivity index (χ4v) is 1.61. The van der Waals surface area contributed by atoms with E-state index in [0.29, 0.717) is 6.04 Å². The highest BCUT2D eigenvalue weighted by atomic mass is 15.1. The van der Waals surface area contributed by atoms with Gasteiger partial charge in [0.05, 0.1) is 0 Å². The van der Waals surface area contributed by atoms with Gasteiger partial charge in [0, 0.05) is 32.2 Å². The fourth-order valence-electron chi connectivity index (χ4n) is 1.61. The van der Waals surface area contributed by atoms with Crippen molar-refractivity contribution in [1.82, 2.24) is 5.32 Å². The van der Waals surface area contributed by atoms with Crippen LogP contribution in [0.15, 0.2) is 24.3 Å². The highest BCUT2D eigenvalue weighted by Crippen LogP contribution is 2.21. The smallest absolute Gasteiger partial charge is 0.0429 e. The second-order valence-corrected chi connectivity index (χ2v) is 3.96. The summed E-state index contributed by atoms with van der Waals surface area (Å²) in [5, 5.41) is 3.30. The summed E-state index contributed by atoms with van der Waals surface area (Å²) in [6.45, 7) is 1.88. The molecule has 0 fully saturated rings. The van der Waals surface area contributed by atoms with E-state index >= 15 is 0 Å². The summed E-state index contributed by atoms with van der Waals surface area (Å²) in [7, 11) is 6.09. The summed E-state index contributed by atoms with van der Waals surface area (Å²) < 4.78 is 0. The van der Waals surface area contributed by atoms with E-state index in [1.165, 1.54) is 11.3 Å². The molecule has 0 amide bonds. The molecule has 1 aromatic rings. The molecule has 0 heterocycles. The number of rotatable bonds is 4. The van der Waals surface area contributed by atoms with Gasteiger partial charge < -0.3 is 10.2 Å². The van der Waals surface area contributed by atoms with Gasteiger partial charge in [-0.05, 0) is 31.7 Å². The van der Waals surface area contributed by atoms with Crippen LogP contribution in [-0.4, -0.2) is 21.1 Å². The second kappa shape index (κ2) is 6.19. The van der Waals surface area contributed by atoms with Crippen LogP contribution in [0, 0.1) is 11.8 Å². The molecule has 0 aliphatic carbocycles. The SMILES string of the molecule is CC#CCC(NC)c1cccc(N(C)C)c1. The largest absolute Gasteiger partial charge is 0.378 e. The number of benzene rings is 1. The molecule has 0 saturated heterocycles. The van der Waals surface area contributed by atoms with Crippen molar-refractivity contribution < 1.29 is 0 Å². The number of nitrogens with one attached hydrogen (secondary N) is 1. The zero-order valence-electron chi connectivity index (χ0n) is 10.5. The molecular formula is C14H20N2. The first-order chi connectivity index (χ1) is 7.69. The molecule has 1 unspecified atom stereocenters. The maximum Gasteiger partial charge on any atom is 0.0429 e. The van der Waals surface area contributed by atoms with Gasteiger partial charge in [-0.2, -0.15) is 0 Å². The Bertz CT molecular complexity index is 385. The molecule has 0 aromatic heterocycles. The van der Waals surface area contributed by atoms with Crippen LogP contribution in [0.1, 0.15) is 24.9 Å². The number of hydrogen-bond acceptors (Lipinski definition) is 2. The Morgan fingerprint density at radius 3 is 2.69 bits per heavy atom. The first-order valence-electron chi connectivity index (χ1n) is 5.53. The van der Waals surface area contributed by atoms with Crippen molar-refractivity contribution in [3.05, 3.63) is 29.8 Å². The minimum atomic E-state index is 0.312. The van der Waals surface area contributed by atoms with Gasteiger partial charge in [-0.1, -0.05) is 12.1 Å². The molecule has 1 N–H and O–H groups in total. The molecule has 1 aromatic carbocycles. The van der Waals surface area contributed by atoms with Crippen molar-refractivity contribution >= 4 is 5.69 Å². The molecule has 0 aliphatic heterocycles. The third-order valence-electron chi connectivity index (χ3n) is 2.62. The first-order valence-corrected chi connectivity index (χ1v) is 5.53. The normalized spacial score (nSPS) is 11.5. The van der Waals surface area contributed by atoms with E-state index in [1.54, 1.807) is 0 Å². The summed E-state index contributed by atoms with van der Waals surface area (Å²) >= 11 is 0. The highest BCUT2D eigenvalue weighted by Gasteiger charge is 2.08. The minimum Gasteiger partial charge on any atom is -0.378 e. The zero-order chi connectivity index (χ0) is 12.0. The average Bonchev–Trinajstić information content (AvgIpc) is 2.30. The maximum atomic E-state index is 3.30. The summed E-state index contributed by atoms with van der Waals surface area (Å²) in [6.07, 6.45) is 0.851. The van der Waals surface area contributed by atoms with Gasteiger partial charge in [-0.3, -0.25) is 0 Å². The molecule has 0 spiro atoms. The van der Waals surface area contributed by atoms with E-state index in [9.17, 15) is 0 Å². The predicted octanol–water partition coefficient (Wildman–Crippen LogP) is 2.43. The van der Waals surface area contributed by atoms with Crippen LogP contribution >= 0.6 is 0 Å². The molecule has 86 valence electrons. The van der Waals surface area contributed by atoms with Crippen molar-refractivity contribution in [3.63, 3.8) is 0 Å². The number of nitrogens with zero attached hydrogens (tertiary/aromatic N) is 1. The van der Waals surface area contributed by atoms with E-state index in [4.69, 9.17) is 0 Å². The van der Waals surface area contributed by atoms with Crippen LogP contribution in [-0.2, 0) is 0 Å². The van der Waals surface area contributed by atoms with E-state index in [1.807, 2.05) is 14.0 Å². The Balaban J connectivity index is 2.90. The standard InChI is InChI=1S/C14H20N2/c1-5-6-10-14(15-2)12-8-7-9-13(11-12)16(3)4/h7-9,11,14-15H,10H2,1-4H3. The summed E-state index contributed by atoms with van der Waals surface area (Å²) in [5.41, 5.74) is 2.51. The quantitative estimate of drug-likeness (QED) is 0.778. The molecule has 0 bridgehead atoms. The predicted molar refractivity (Wildman–Crippen MR) is 70.6 cm³/mol. The van der Waals surface area contributed by atoms with Crippen LogP contribution in [0.4, 0.5) is 5.69 Å². The average molecular weight is 216 g/mol. The monoisotopic (exact) mass is 216 g/mol. The molecule has 0 saturated carbocycles. The lowest BCUT2D eigenvalue weighted by molar-refractivity contribution is 0.611. The molecule has 16 heavy (non-hydrogen) atoms. The van der Waals surface area contributed by atoms with Gasteiger partial charge in [-0.25, -0.2) is 0 Å². The maximum absolute atomic E-state index is 3.30. The van der Waals surface area contributed by atoms with Crippen molar-refractivity contribution in [2.75, 3.05) is 26.0 Å². The van der Waals surface area contributed by atoms with E-state index in [2.05, 4.69) is 60.4 Å². The summed E-state index contributed by atoms with van der Waals surface area (Å²) in [5.74, 6) is 6.06. The van der Waals surface area contributed by atoms with Crippen molar-refractivity contribution in [1.29, 1.82) is 0 Å². The lowest BCUT2D eigenvalue weighted by Gasteiger charge is -2.18. The first kappa shape index (κ1) is 12.6. The Morgan fingerprint density at radius 1 is 1.38 bits per heavy atom. The second-order valence-electron chi connectivity index (χ2n) is 3.96. The van der Waals surface area contributed by atoms with Crippen molar-refractivity contribution in [2.24, 2.45) is 0 Å². The summed E-state index contributed by atoms with van der Waals surface area (Å²) in [6, 6.07) is 8.87. The minimum absolute atomic E-state index is 0.312.